The van der Waals surface area contributed by atoms with E-state index in [-0.39, 0.29) is 17.4 Å². The molecule has 0 saturated heterocycles. The number of rotatable bonds is 4. The second-order valence-electron chi connectivity index (χ2n) is 6.11. The lowest BCUT2D eigenvalue weighted by Crippen LogP contribution is -2.10. The third kappa shape index (κ3) is 3.89. The number of hydrogen-bond donors (Lipinski definition) is 2. The molecule has 0 aliphatic rings. The van der Waals surface area contributed by atoms with Gasteiger partial charge in [-0.05, 0) is 54.6 Å². The average molecular weight is 391 g/mol. The highest BCUT2D eigenvalue weighted by Crippen LogP contribution is 2.23. The molecule has 4 aromatic rings. The molecule has 0 spiro atoms. The van der Waals surface area contributed by atoms with Gasteiger partial charge in [-0.3, -0.25) is 9.79 Å². The van der Waals surface area contributed by atoms with Crippen LogP contribution in [-0.2, 0) is 0 Å². The highest BCUT2D eigenvalue weighted by atomic mass is 35.5. The minimum absolute atomic E-state index is 0.0999. The van der Waals surface area contributed by atoms with Crippen molar-refractivity contribution >= 4 is 46.1 Å². The summed E-state index contributed by atoms with van der Waals surface area (Å²) >= 11 is 5.92. The number of phenols is 1. The third-order valence-electron chi connectivity index (χ3n) is 4.12. The number of fused-ring (bicyclic) bond motifs is 1. The van der Waals surface area contributed by atoms with E-state index in [2.05, 4.69) is 10.3 Å². The molecule has 0 atom stereocenters. The third-order valence-corrected chi connectivity index (χ3v) is 4.35. The number of hydrogen-bond acceptors (Lipinski definition) is 4. The number of halogens is 1. The van der Waals surface area contributed by atoms with Crippen molar-refractivity contribution in [3.8, 4) is 5.75 Å². The zero-order chi connectivity index (χ0) is 19.5. The quantitative estimate of drug-likeness (QED) is 0.433. The van der Waals surface area contributed by atoms with Gasteiger partial charge in [-0.1, -0.05) is 29.8 Å². The Hall–Kier alpha value is -3.57. The van der Waals surface area contributed by atoms with Crippen LogP contribution in [0.15, 0.2) is 82.2 Å². The molecule has 2 N–H and O–H groups in total. The Labute approximate surface area is 165 Å². The monoisotopic (exact) mass is 390 g/mol. The zero-order valence-corrected chi connectivity index (χ0v) is 15.4. The molecule has 0 aliphatic carbocycles. The highest BCUT2D eigenvalue weighted by Gasteiger charge is 2.12. The van der Waals surface area contributed by atoms with E-state index in [0.29, 0.717) is 27.5 Å². The summed E-state index contributed by atoms with van der Waals surface area (Å²) in [4.78, 5) is 16.7. The number of carbonyl (C=O) groups is 1. The van der Waals surface area contributed by atoms with E-state index >= 15 is 0 Å². The lowest BCUT2D eigenvalue weighted by molar-refractivity contribution is 0.0998. The summed E-state index contributed by atoms with van der Waals surface area (Å²) in [7, 11) is 0. The van der Waals surface area contributed by atoms with Gasteiger partial charge in [-0.25, -0.2) is 0 Å². The highest BCUT2D eigenvalue weighted by molar-refractivity contribution is 6.30. The fourth-order valence-electron chi connectivity index (χ4n) is 2.69. The molecular formula is C22H15ClN2O3. The number of anilines is 1. The van der Waals surface area contributed by atoms with E-state index in [9.17, 15) is 9.90 Å². The molecule has 1 amide bonds. The van der Waals surface area contributed by atoms with Crippen molar-refractivity contribution in [2.75, 3.05) is 5.32 Å². The Balaban J connectivity index is 1.46. The zero-order valence-electron chi connectivity index (χ0n) is 14.6. The molecule has 138 valence electrons. The Morgan fingerprint density at radius 2 is 1.82 bits per heavy atom. The average Bonchev–Trinajstić information content (AvgIpc) is 3.14. The van der Waals surface area contributed by atoms with E-state index in [1.807, 2.05) is 24.3 Å². The van der Waals surface area contributed by atoms with Crippen molar-refractivity contribution in [1.29, 1.82) is 0 Å². The van der Waals surface area contributed by atoms with Gasteiger partial charge in [0.25, 0.3) is 5.91 Å². The van der Waals surface area contributed by atoms with Crippen LogP contribution >= 0.6 is 11.6 Å². The number of benzene rings is 3. The van der Waals surface area contributed by atoms with Gasteiger partial charge >= 0.3 is 0 Å². The fraction of sp³-hybridized carbons (Fsp3) is 0. The van der Waals surface area contributed by atoms with Crippen molar-refractivity contribution < 1.29 is 14.3 Å². The van der Waals surface area contributed by atoms with Crippen LogP contribution < -0.4 is 5.32 Å². The van der Waals surface area contributed by atoms with Gasteiger partial charge in [0.1, 0.15) is 11.3 Å². The van der Waals surface area contributed by atoms with Gasteiger partial charge in [0.05, 0.1) is 5.69 Å². The SMILES string of the molecule is O=C(Nc1ccc(N=Cc2cc(Cl)ccc2O)cc1)c1cc2ccccc2o1. The summed E-state index contributed by atoms with van der Waals surface area (Å²) in [5.74, 6) is 0.0268. The number of aromatic hydroxyl groups is 1. The van der Waals surface area contributed by atoms with Crippen LogP contribution in [0.3, 0.4) is 0 Å². The van der Waals surface area contributed by atoms with Gasteiger partial charge < -0.3 is 14.8 Å². The number of aliphatic imine (C=N–C) groups is 1. The van der Waals surface area contributed by atoms with Crippen molar-refractivity contribution in [3.63, 3.8) is 0 Å². The van der Waals surface area contributed by atoms with Crippen molar-refractivity contribution in [2.45, 2.75) is 0 Å². The van der Waals surface area contributed by atoms with Crippen LogP contribution in [0.2, 0.25) is 5.02 Å². The van der Waals surface area contributed by atoms with Gasteiger partial charge in [0.15, 0.2) is 5.76 Å². The molecule has 4 rings (SSSR count). The van der Waals surface area contributed by atoms with Crippen LogP contribution in [0.1, 0.15) is 16.1 Å². The molecule has 0 radical (unpaired) electrons. The summed E-state index contributed by atoms with van der Waals surface area (Å²) in [5.41, 5.74) is 2.48. The first-order valence-electron chi connectivity index (χ1n) is 8.51. The molecule has 5 nitrogen and oxygen atoms in total. The van der Waals surface area contributed by atoms with Crippen molar-refractivity contribution in [3.05, 3.63) is 89.1 Å². The minimum Gasteiger partial charge on any atom is -0.507 e. The second-order valence-corrected chi connectivity index (χ2v) is 6.55. The number of amides is 1. The Morgan fingerprint density at radius 1 is 1.04 bits per heavy atom. The van der Waals surface area contributed by atoms with Crippen LogP contribution in [0.4, 0.5) is 11.4 Å². The lowest BCUT2D eigenvalue weighted by Gasteiger charge is -2.03. The maximum atomic E-state index is 12.4. The first kappa shape index (κ1) is 17.8. The van der Waals surface area contributed by atoms with Gasteiger partial charge in [0.2, 0.25) is 0 Å². The number of para-hydroxylation sites is 1. The van der Waals surface area contributed by atoms with Gasteiger partial charge in [0, 0.05) is 27.9 Å². The van der Waals surface area contributed by atoms with E-state index < -0.39 is 0 Å². The summed E-state index contributed by atoms with van der Waals surface area (Å²) in [6, 6.07) is 20.9. The first-order chi connectivity index (χ1) is 13.6. The Bertz CT molecular complexity index is 1150. The predicted molar refractivity (Wildman–Crippen MR) is 111 cm³/mol. The summed E-state index contributed by atoms with van der Waals surface area (Å²) < 4.78 is 5.56. The molecule has 6 heteroatoms. The Morgan fingerprint density at radius 3 is 2.61 bits per heavy atom. The number of phenolic OH excluding ortho intramolecular Hbond substituents is 1. The molecule has 0 saturated carbocycles. The van der Waals surface area contributed by atoms with E-state index in [0.717, 1.165) is 5.39 Å². The number of nitrogens with zero attached hydrogens (tertiary/aromatic N) is 1. The number of carbonyl (C=O) groups excluding carboxylic acids is 1. The second kappa shape index (κ2) is 7.58. The van der Waals surface area contributed by atoms with Crippen LogP contribution in [0.5, 0.6) is 5.75 Å². The normalized spacial score (nSPS) is 11.2. The van der Waals surface area contributed by atoms with E-state index in [1.165, 1.54) is 12.3 Å². The lowest BCUT2D eigenvalue weighted by atomic mass is 10.2. The molecule has 28 heavy (non-hydrogen) atoms. The van der Waals surface area contributed by atoms with Crippen LogP contribution in [0.25, 0.3) is 11.0 Å². The molecular weight excluding hydrogens is 376 g/mol. The predicted octanol–water partition coefficient (Wildman–Crippen LogP) is 5.79. The standard InChI is InChI=1S/C22H15ClN2O3/c23-16-5-10-19(26)15(11-16)13-24-17-6-8-18(9-7-17)25-22(27)21-12-14-3-1-2-4-20(14)28-21/h1-13,26H,(H,25,27). The van der Waals surface area contributed by atoms with Crippen molar-refractivity contribution in [2.24, 2.45) is 4.99 Å². The summed E-state index contributed by atoms with van der Waals surface area (Å²) in [6.45, 7) is 0. The Kier molecular flexibility index (Phi) is 4.83. The van der Waals surface area contributed by atoms with E-state index in [4.69, 9.17) is 16.0 Å². The maximum Gasteiger partial charge on any atom is 0.291 e. The molecule has 0 bridgehead atoms. The smallest absolute Gasteiger partial charge is 0.291 e. The molecule has 0 unspecified atom stereocenters. The van der Waals surface area contributed by atoms with Crippen LogP contribution in [0, 0.1) is 0 Å². The van der Waals surface area contributed by atoms with Crippen LogP contribution in [-0.4, -0.2) is 17.2 Å². The molecule has 3 aromatic carbocycles. The molecule has 1 heterocycles. The number of furan rings is 1. The number of nitrogens with one attached hydrogen (secondary N) is 1. The van der Waals surface area contributed by atoms with Gasteiger partial charge in [-0.15, -0.1) is 0 Å². The molecule has 0 fully saturated rings. The summed E-state index contributed by atoms with van der Waals surface area (Å²) in [6.07, 6.45) is 1.53. The maximum absolute atomic E-state index is 12.4. The first-order valence-corrected chi connectivity index (χ1v) is 8.89. The summed E-state index contributed by atoms with van der Waals surface area (Å²) in [5, 5.41) is 14.0. The fourth-order valence-corrected chi connectivity index (χ4v) is 2.87. The molecule has 1 aromatic heterocycles. The van der Waals surface area contributed by atoms with E-state index in [1.54, 1.807) is 42.5 Å². The molecule has 0 aliphatic heterocycles. The largest absolute Gasteiger partial charge is 0.507 e. The minimum atomic E-state index is -0.323. The van der Waals surface area contributed by atoms with Crippen molar-refractivity contribution in [1.82, 2.24) is 0 Å². The topological polar surface area (TPSA) is 74.8 Å². The van der Waals surface area contributed by atoms with Gasteiger partial charge in [-0.2, -0.15) is 0 Å².